The van der Waals surface area contributed by atoms with Crippen LogP contribution >= 0.6 is 0 Å². The van der Waals surface area contributed by atoms with E-state index in [-0.39, 0.29) is 17.1 Å². The number of rotatable bonds is 6. The number of alkyl halides is 6. The average Bonchev–Trinajstić information content (AvgIpc) is 2.60. The fourth-order valence-corrected chi connectivity index (χ4v) is 5.33. The summed E-state index contributed by atoms with van der Waals surface area (Å²) >= 11 is 0. The first-order valence-corrected chi connectivity index (χ1v) is 11.7. The Morgan fingerprint density at radius 1 is 0.667 bits per heavy atom. The minimum absolute atomic E-state index is 0.196. The van der Waals surface area contributed by atoms with Gasteiger partial charge in [-0.15, -0.1) is 0 Å². The molecule has 0 bridgehead atoms. The second kappa shape index (κ2) is 9.49. The lowest BCUT2D eigenvalue weighted by Crippen LogP contribution is -2.66. The highest BCUT2D eigenvalue weighted by Gasteiger charge is 2.80. The van der Waals surface area contributed by atoms with Crippen LogP contribution in [-0.4, -0.2) is 18.0 Å². The molecule has 0 aliphatic rings. The third-order valence-corrected chi connectivity index (χ3v) is 6.33. The topological polar surface area (TPSA) is 18.5 Å². The summed E-state index contributed by atoms with van der Waals surface area (Å²) in [5.74, 6) is 0.982. The van der Waals surface area contributed by atoms with Crippen LogP contribution in [0.3, 0.4) is 0 Å². The molecule has 0 aliphatic carbocycles. The summed E-state index contributed by atoms with van der Waals surface area (Å²) in [6.07, 6.45) is -11.7. The van der Waals surface area contributed by atoms with E-state index in [0.717, 1.165) is 40.2 Å². The molecule has 0 saturated heterocycles. The average molecular weight is 519 g/mol. The molecule has 0 amide bonds. The van der Waals surface area contributed by atoms with Crippen LogP contribution < -0.4 is 9.47 Å². The van der Waals surface area contributed by atoms with Crippen LogP contribution in [-0.2, 0) is 6.42 Å². The van der Waals surface area contributed by atoms with Crippen molar-refractivity contribution in [2.75, 3.05) is 0 Å². The van der Waals surface area contributed by atoms with Crippen LogP contribution in [0.15, 0.2) is 42.5 Å². The molecule has 0 aromatic heterocycles. The second-order valence-electron chi connectivity index (χ2n) is 12.0. The maximum Gasteiger partial charge on any atom is 0.404 e. The van der Waals surface area contributed by atoms with Crippen LogP contribution in [0, 0.1) is 23.2 Å². The third-order valence-electron chi connectivity index (χ3n) is 6.33. The Labute approximate surface area is 210 Å². The molecule has 0 fully saturated rings. The van der Waals surface area contributed by atoms with Gasteiger partial charge in [0.1, 0.15) is 22.8 Å². The molecule has 2 rings (SSSR count). The lowest BCUT2D eigenvalue weighted by atomic mass is 9.51. The van der Waals surface area contributed by atoms with Crippen molar-refractivity contribution in [1.82, 2.24) is 0 Å². The Bertz CT molecular complexity index is 1000. The van der Waals surface area contributed by atoms with Gasteiger partial charge < -0.3 is 9.47 Å². The minimum Gasteiger partial charge on any atom is -0.488 e. The van der Waals surface area contributed by atoms with E-state index in [1.54, 1.807) is 39.0 Å². The summed E-state index contributed by atoms with van der Waals surface area (Å²) in [6.45, 7) is 12.2. The Morgan fingerprint density at radius 2 is 1.14 bits per heavy atom. The van der Waals surface area contributed by atoms with Crippen molar-refractivity contribution in [3.63, 3.8) is 0 Å². The lowest BCUT2D eigenvalue weighted by molar-refractivity contribution is -0.405. The summed E-state index contributed by atoms with van der Waals surface area (Å²) in [4.78, 5) is 0. The highest BCUT2D eigenvalue weighted by atomic mass is 19.4. The second-order valence-corrected chi connectivity index (χ2v) is 12.0. The Kier molecular flexibility index (Phi) is 7.87. The van der Waals surface area contributed by atoms with Gasteiger partial charge in [0.25, 0.3) is 0 Å². The molecular weight excluding hydrogens is 482 g/mol. The largest absolute Gasteiger partial charge is 0.488 e. The molecule has 2 nitrogen and oxygen atoms in total. The first kappa shape index (κ1) is 29.8. The summed E-state index contributed by atoms with van der Waals surface area (Å²) in [6, 6.07) is 11.7. The quantitative estimate of drug-likeness (QED) is 0.355. The fourth-order valence-electron chi connectivity index (χ4n) is 5.33. The van der Waals surface area contributed by atoms with E-state index >= 15 is 0 Å². The van der Waals surface area contributed by atoms with E-state index in [2.05, 4.69) is 0 Å². The van der Waals surface area contributed by atoms with Gasteiger partial charge in [-0.2, -0.15) is 26.3 Å². The molecule has 0 saturated carbocycles. The Balaban J connectivity index is 2.69. The van der Waals surface area contributed by atoms with Crippen LogP contribution in [0.2, 0.25) is 0 Å². The summed E-state index contributed by atoms with van der Waals surface area (Å²) in [5, 5.41) is 0. The van der Waals surface area contributed by atoms with Crippen molar-refractivity contribution in [1.29, 1.82) is 0 Å². The van der Waals surface area contributed by atoms with Gasteiger partial charge >= 0.3 is 12.4 Å². The zero-order valence-corrected chi connectivity index (χ0v) is 22.3. The zero-order chi connectivity index (χ0) is 28.0. The van der Waals surface area contributed by atoms with Crippen molar-refractivity contribution in [3.8, 4) is 17.2 Å². The van der Waals surface area contributed by atoms with E-state index in [0.29, 0.717) is 5.75 Å². The molecule has 0 atom stereocenters. The normalized spacial score (nSPS) is 14.1. The summed E-state index contributed by atoms with van der Waals surface area (Å²) < 4.78 is 99.2. The van der Waals surface area contributed by atoms with Crippen LogP contribution in [0.4, 0.5) is 26.3 Å². The monoisotopic (exact) mass is 518 g/mol. The van der Waals surface area contributed by atoms with Crippen molar-refractivity contribution < 1.29 is 35.8 Å². The first-order valence-electron chi connectivity index (χ1n) is 11.7. The number of halogens is 6. The van der Waals surface area contributed by atoms with Crippen LogP contribution in [0.1, 0.15) is 66.5 Å². The lowest BCUT2D eigenvalue weighted by Gasteiger charge is -2.55. The minimum atomic E-state index is -5.56. The van der Waals surface area contributed by atoms with Crippen molar-refractivity contribution in [2.45, 2.75) is 86.7 Å². The molecule has 0 unspecified atom stereocenters. The number of hydrogen-bond acceptors (Lipinski definition) is 2. The highest BCUT2D eigenvalue weighted by molar-refractivity contribution is 5.43. The number of aryl methyl sites for hydroxylation is 1. The standard InChI is InChI=1S/C28H36F6O2/c1-18-10-12-20(13-11-18)35-21-14-15-22(36-24(5,6)7)19(16-21)17-25(8,9)26(23(2,3)4,27(29,30)31)28(32,33)34/h10-16H,17H2,1-9H3. The van der Waals surface area contributed by atoms with Crippen LogP contribution in [0.25, 0.3) is 0 Å². The highest BCUT2D eigenvalue weighted by Crippen LogP contribution is 2.69. The summed E-state index contributed by atoms with van der Waals surface area (Å²) in [5.41, 5.74) is -8.02. The van der Waals surface area contributed by atoms with Gasteiger partial charge in [0.15, 0.2) is 5.41 Å². The Hall–Kier alpha value is -2.38. The molecule has 2 aromatic carbocycles. The van der Waals surface area contributed by atoms with E-state index in [9.17, 15) is 26.3 Å². The summed E-state index contributed by atoms with van der Waals surface area (Å²) in [7, 11) is 0. The fraction of sp³-hybridized carbons (Fsp3) is 0.571. The van der Waals surface area contributed by atoms with Gasteiger partial charge in [0.2, 0.25) is 0 Å². The van der Waals surface area contributed by atoms with Crippen LogP contribution in [0.5, 0.6) is 17.2 Å². The zero-order valence-electron chi connectivity index (χ0n) is 22.3. The van der Waals surface area contributed by atoms with Gasteiger partial charge in [-0.25, -0.2) is 0 Å². The molecule has 0 heterocycles. The predicted molar refractivity (Wildman–Crippen MR) is 130 cm³/mol. The van der Waals surface area contributed by atoms with Gasteiger partial charge in [0.05, 0.1) is 0 Å². The van der Waals surface area contributed by atoms with Crippen molar-refractivity contribution in [2.24, 2.45) is 16.2 Å². The molecule has 2 aromatic rings. The van der Waals surface area contributed by atoms with Gasteiger partial charge in [-0.05, 0) is 80.8 Å². The third kappa shape index (κ3) is 5.94. The van der Waals surface area contributed by atoms with Gasteiger partial charge in [0, 0.05) is 0 Å². The van der Waals surface area contributed by atoms with E-state index in [4.69, 9.17) is 9.47 Å². The maximum absolute atomic E-state index is 14.6. The predicted octanol–water partition coefficient (Wildman–Crippen LogP) is 9.69. The van der Waals surface area contributed by atoms with Gasteiger partial charge in [-0.1, -0.05) is 52.3 Å². The molecule has 0 spiro atoms. The van der Waals surface area contributed by atoms with Crippen molar-refractivity contribution in [3.05, 3.63) is 53.6 Å². The first-order chi connectivity index (χ1) is 16.0. The van der Waals surface area contributed by atoms with Crippen molar-refractivity contribution >= 4 is 0 Å². The maximum atomic E-state index is 14.6. The Morgan fingerprint density at radius 3 is 1.56 bits per heavy atom. The molecule has 0 radical (unpaired) electrons. The molecule has 36 heavy (non-hydrogen) atoms. The number of hydrogen-bond donors (Lipinski definition) is 0. The smallest absolute Gasteiger partial charge is 0.404 e. The number of benzene rings is 2. The number of ether oxygens (including phenoxy) is 2. The molecular formula is C28H36F6O2. The molecule has 0 aliphatic heterocycles. The molecule has 0 N–H and O–H groups in total. The van der Waals surface area contributed by atoms with E-state index in [1.807, 2.05) is 19.1 Å². The molecule has 8 heteroatoms. The van der Waals surface area contributed by atoms with E-state index < -0.39 is 40.6 Å². The molecule has 202 valence electrons. The SMILES string of the molecule is Cc1ccc(Oc2ccc(OC(C)(C)C)c(CC(C)(C)C(C(C)(C)C)(C(F)(F)F)C(F)(F)F)c2)cc1. The van der Waals surface area contributed by atoms with E-state index in [1.165, 1.54) is 12.1 Å². The van der Waals surface area contributed by atoms with Gasteiger partial charge in [-0.3, -0.25) is 0 Å².